The van der Waals surface area contributed by atoms with E-state index < -0.39 is 35.7 Å². The molecule has 0 radical (unpaired) electrons. The van der Waals surface area contributed by atoms with E-state index in [4.69, 9.17) is 4.74 Å². The van der Waals surface area contributed by atoms with Gasteiger partial charge in [-0.3, -0.25) is 10.1 Å². The summed E-state index contributed by atoms with van der Waals surface area (Å²) >= 11 is 0. The minimum absolute atomic E-state index is 0.0225. The first-order chi connectivity index (χ1) is 12.5. The summed E-state index contributed by atoms with van der Waals surface area (Å²) in [4.78, 5) is 24.3. The van der Waals surface area contributed by atoms with Crippen molar-refractivity contribution < 1.29 is 27.5 Å². The van der Waals surface area contributed by atoms with Gasteiger partial charge in [0, 0.05) is 17.3 Å². The highest BCUT2D eigenvalue weighted by atomic mass is 19.4. The van der Waals surface area contributed by atoms with Crippen molar-refractivity contribution in [2.45, 2.75) is 64.3 Å². The molecule has 2 atom stereocenters. The highest BCUT2D eigenvalue weighted by Gasteiger charge is 2.46. The van der Waals surface area contributed by atoms with Gasteiger partial charge in [0.15, 0.2) is 0 Å². The molecule has 0 heterocycles. The lowest BCUT2D eigenvalue weighted by Crippen LogP contribution is -2.47. The topological polar surface area (TPSA) is 67.4 Å². The van der Waals surface area contributed by atoms with Crippen molar-refractivity contribution in [3.8, 4) is 0 Å². The Kier molecular flexibility index (Phi) is 6.38. The number of hydrogen-bond acceptors (Lipinski definition) is 3. The van der Waals surface area contributed by atoms with Gasteiger partial charge >= 0.3 is 12.3 Å². The fourth-order valence-corrected chi connectivity index (χ4v) is 3.11. The standard InChI is InChI=1S/C19H25F3N2O3/c1-18(2,3)27-17(26)23-13-8-6-7-12(11-13)16(25)24-15-10-5-4-9-14(15)19(20,21)22/h6-8,11,14-15H,4-5,9-10H2,1-3H3,(H,23,26)(H,24,25). The third kappa shape index (κ3) is 6.45. The Bertz CT molecular complexity index is 684. The lowest BCUT2D eigenvalue weighted by molar-refractivity contribution is -0.187. The molecule has 0 aliphatic heterocycles. The van der Waals surface area contributed by atoms with Crippen LogP contribution in [-0.2, 0) is 4.74 Å². The largest absolute Gasteiger partial charge is 0.444 e. The van der Waals surface area contributed by atoms with Crippen LogP contribution in [0.3, 0.4) is 0 Å². The zero-order valence-electron chi connectivity index (χ0n) is 15.7. The fraction of sp³-hybridized carbons (Fsp3) is 0.579. The molecule has 2 amide bonds. The Labute approximate surface area is 156 Å². The molecule has 2 unspecified atom stereocenters. The molecule has 1 fully saturated rings. The molecule has 1 aromatic carbocycles. The molecule has 150 valence electrons. The van der Waals surface area contributed by atoms with Gasteiger partial charge in [0.25, 0.3) is 5.91 Å². The number of carbonyl (C=O) groups excluding carboxylic acids is 2. The first kappa shape index (κ1) is 21.1. The molecule has 27 heavy (non-hydrogen) atoms. The summed E-state index contributed by atoms with van der Waals surface area (Å²) in [7, 11) is 0. The van der Waals surface area contributed by atoms with Crippen molar-refractivity contribution in [3.63, 3.8) is 0 Å². The van der Waals surface area contributed by atoms with Crippen molar-refractivity contribution >= 4 is 17.7 Å². The SMILES string of the molecule is CC(C)(C)OC(=O)Nc1cccc(C(=O)NC2CCCCC2C(F)(F)F)c1. The average molecular weight is 386 g/mol. The first-order valence-electron chi connectivity index (χ1n) is 8.93. The summed E-state index contributed by atoms with van der Waals surface area (Å²) in [5, 5.41) is 5.02. The predicted octanol–water partition coefficient (Wildman–Crippen LogP) is 4.88. The number of halogens is 3. The van der Waals surface area contributed by atoms with E-state index in [1.807, 2.05) is 0 Å². The van der Waals surface area contributed by atoms with Crippen LogP contribution in [0.2, 0.25) is 0 Å². The van der Waals surface area contributed by atoms with E-state index in [1.165, 1.54) is 12.1 Å². The van der Waals surface area contributed by atoms with Crippen molar-refractivity contribution in [2.75, 3.05) is 5.32 Å². The van der Waals surface area contributed by atoms with Gasteiger partial charge in [0.1, 0.15) is 5.60 Å². The number of anilines is 1. The minimum atomic E-state index is -4.33. The van der Waals surface area contributed by atoms with Gasteiger partial charge in [-0.15, -0.1) is 0 Å². The molecule has 0 spiro atoms. The quantitative estimate of drug-likeness (QED) is 0.778. The zero-order chi connectivity index (χ0) is 20.2. The molecule has 0 saturated heterocycles. The van der Waals surface area contributed by atoms with Gasteiger partial charge in [-0.2, -0.15) is 13.2 Å². The van der Waals surface area contributed by atoms with E-state index in [2.05, 4.69) is 10.6 Å². The predicted molar refractivity (Wildman–Crippen MR) is 95.6 cm³/mol. The van der Waals surface area contributed by atoms with Crippen LogP contribution in [0.15, 0.2) is 24.3 Å². The van der Waals surface area contributed by atoms with Gasteiger partial charge in [0.05, 0.1) is 5.92 Å². The third-order valence-corrected chi connectivity index (χ3v) is 4.27. The second-order valence-electron chi connectivity index (χ2n) is 7.72. The van der Waals surface area contributed by atoms with Crippen molar-refractivity contribution in [3.05, 3.63) is 29.8 Å². The van der Waals surface area contributed by atoms with Crippen LogP contribution in [0, 0.1) is 5.92 Å². The normalized spacial score (nSPS) is 20.7. The number of alkyl halides is 3. The van der Waals surface area contributed by atoms with E-state index in [9.17, 15) is 22.8 Å². The lowest BCUT2D eigenvalue weighted by atomic mass is 9.84. The van der Waals surface area contributed by atoms with E-state index in [-0.39, 0.29) is 12.0 Å². The maximum absolute atomic E-state index is 13.2. The fourth-order valence-electron chi connectivity index (χ4n) is 3.11. The van der Waals surface area contributed by atoms with Gasteiger partial charge in [-0.1, -0.05) is 18.9 Å². The smallest absolute Gasteiger partial charge is 0.412 e. The molecule has 0 bridgehead atoms. The van der Waals surface area contributed by atoms with Crippen LogP contribution in [-0.4, -0.2) is 29.8 Å². The number of benzene rings is 1. The van der Waals surface area contributed by atoms with Gasteiger partial charge in [-0.05, 0) is 51.8 Å². The Balaban J connectivity index is 2.05. The molecule has 5 nitrogen and oxygen atoms in total. The van der Waals surface area contributed by atoms with Crippen LogP contribution >= 0.6 is 0 Å². The minimum Gasteiger partial charge on any atom is -0.444 e. The number of amides is 2. The van der Waals surface area contributed by atoms with Crippen LogP contribution in [0.25, 0.3) is 0 Å². The molecular weight excluding hydrogens is 361 g/mol. The highest BCUT2D eigenvalue weighted by Crippen LogP contribution is 2.37. The Morgan fingerprint density at radius 1 is 1.11 bits per heavy atom. The monoisotopic (exact) mass is 386 g/mol. The lowest BCUT2D eigenvalue weighted by Gasteiger charge is -2.33. The molecular formula is C19H25F3N2O3. The Morgan fingerprint density at radius 2 is 1.78 bits per heavy atom. The van der Waals surface area contributed by atoms with E-state index in [1.54, 1.807) is 32.9 Å². The molecule has 1 saturated carbocycles. The van der Waals surface area contributed by atoms with Crippen LogP contribution in [0.4, 0.5) is 23.7 Å². The molecule has 0 aromatic heterocycles. The summed E-state index contributed by atoms with van der Waals surface area (Å²) < 4.78 is 44.7. The highest BCUT2D eigenvalue weighted by molar-refractivity contribution is 5.96. The molecule has 2 rings (SSSR count). The summed E-state index contributed by atoms with van der Waals surface area (Å²) in [5.74, 6) is -2.12. The summed E-state index contributed by atoms with van der Waals surface area (Å²) in [6, 6.07) is 5.07. The van der Waals surface area contributed by atoms with Crippen LogP contribution in [0.5, 0.6) is 0 Å². The molecule has 8 heteroatoms. The summed E-state index contributed by atoms with van der Waals surface area (Å²) in [6.07, 6.45) is -3.54. The van der Waals surface area contributed by atoms with E-state index >= 15 is 0 Å². The number of rotatable bonds is 3. The molecule has 1 aliphatic carbocycles. The van der Waals surface area contributed by atoms with Crippen LogP contribution in [0.1, 0.15) is 56.8 Å². The zero-order valence-corrected chi connectivity index (χ0v) is 15.7. The summed E-state index contributed by atoms with van der Waals surface area (Å²) in [5.41, 5.74) is -0.171. The number of nitrogens with one attached hydrogen (secondary N) is 2. The Morgan fingerprint density at radius 3 is 2.41 bits per heavy atom. The molecule has 1 aliphatic rings. The number of hydrogen-bond donors (Lipinski definition) is 2. The first-order valence-corrected chi connectivity index (χ1v) is 8.93. The number of carbonyl (C=O) groups is 2. The average Bonchev–Trinajstić information content (AvgIpc) is 2.52. The second-order valence-corrected chi connectivity index (χ2v) is 7.72. The second kappa shape index (κ2) is 8.19. The van der Waals surface area contributed by atoms with Gasteiger partial charge < -0.3 is 10.1 Å². The maximum Gasteiger partial charge on any atom is 0.412 e. The molecule has 1 aromatic rings. The maximum atomic E-state index is 13.2. The van der Waals surface area contributed by atoms with Crippen molar-refractivity contribution in [1.29, 1.82) is 0 Å². The van der Waals surface area contributed by atoms with Crippen molar-refractivity contribution in [2.24, 2.45) is 5.92 Å². The van der Waals surface area contributed by atoms with Crippen LogP contribution < -0.4 is 10.6 Å². The van der Waals surface area contributed by atoms with E-state index in [0.29, 0.717) is 24.9 Å². The van der Waals surface area contributed by atoms with Crippen molar-refractivity contribution in [1.82, 2.24) is 5.32 Å². The molecule has 2 N–H and O–H groups in total. The Hall–Kier alpha value is -2.25. The third-order valence-electron chi connectivity index (χ3n) is 4.27. The van der Waals surface area contributed by atoms with E-state index in [0.717, 1.165) is 0 Å². The summed E-state index contributed by atoms with van der Waals surface area (Å²) in [6.45, 7) is 5.16. The van der Waals surface area contributed by atoms with Gasteiger partial charge in [-0.25, -0.2) is 4.79 Å². The van der Waals surface area contributed by atoms with Gasteiger partial charge in [0.2, 0.25) is 0 Å². The number of ether oxygens (including phenoxy) is 1.